The average molecular weight is 471 g/mol. The average Bonchev–Trinajstić information content (AvgIpc) is 2.91. The Morgan fingerprint density at radius 1 is 0.743 bits per heavy atom. The maximum Gasteiger partial charge on any atom is 0.339 e. The SMILES string of the molecule is C#CCOC(=O)c1ccc(COc2ccc(-c3ccc(OCCCCCCCC)cc3)cc2)cc1. The highest BCUT2D eigenvalue weighted by Gasteiger charge is 2.06. The van der Waals surface area contributed by atoms with Gasteiger partial charge in [0.25, 0.3) is 0 Å². The molecule has 0 aliphatic rings. The van der Waals surface area contributed by atoms with E-state index in [0.29, 0.717) is 12.2 Å². The lowest BCUT2D eigenvalue weighted by Crippen LogP contribution is -2.05. The van der Waals surface area contributed by atoms with Gasteiger partial charge in [0, 0.05) is 0 Å². The third-order valence-corrected chi connectivity index (χ3v) is 5.69. The quantitative estimate of drug-likeness (QED) is 0.139. The third kappa shape index (κ3) is 8.87. The summed E-state index contributed by atoms with van der Waals surface area (Å²) in [5, 5.41) is 0. The molecule has 0 amide bonds. The van der Waals surface area contributed by atoms with E-state index in [0.717, 1.165) is 41.2 Å². The fourth-order valence-electron chi connectivity index (χ4n) is 3.65. The predicted octanol–water partition coefficient (Wildman–Crippen LogP) is 7.46. The molecule has 0 saturated heterocycles. The van der Waals surface area contributed by atoms with Gasteiger partial charge in [0.2, 0.25) is 0 Å². The molecule has 0 aliphatic heterocycles. The van der Waals surface area contributed by atoms with Crippen molar-refractivity contribution in [3.63, 3.8) is 0 Å². The molecule has 3 aromatic carbocycles. The van der Waals surface area contributed by atoms with Gasteiger partial charge in [-0.1, -0.05) is 81.3 Å². The molecule has 0 bridgehead atoms. The molecule has 0 unspecified atom stereocenters. The molecular formula is C31H34O4. The number of ether oxygens (including phenoxy) is 3. The smallest absolute Gasteiger partial charge is 0.339 e. The van der Waals surface area contributed by atoms with E-state index in [4.69, 9.17) is 20.6 Å². The zero-order valence-electron chi connectivity index (χ0n) is 20.5. The summed E-state index contributed by atoms with van der Waals surface area (Å²) in [7, 11) is 0. The van der Waals surface area contributed by atoms with Gasteiger partial charge in [0.05, 0.1) is 12.2 Å². The van der Waals surface area contributed by atoms with Crippen molar-refractivity contribution in [1.82, 2.24) is 0 Å². The predicted molar refractivity (Wildman–Crippen MR) is 141 cm³/mol. The molecule has 0 N–H and O–H groups in total. The van der Waals surface area contributed by atoms with Crippen LogP contribution in [0.15, 0.2) is 72.8 Å². The van der Waals surface area contributed by atoms with Crippen LogP contribution in [-0.2, 0) is 11.3 Å². The fourth-order valence-corrected chi connectivity index (χ4v) is 3.65. The van der Waals surface area contributed by atoms with Crippen molar-refractivity contribution >= 4 is 5.97 Å². The van der Waals surface area contributed by atoms with E-state index < -0.39 is 5.97 Å². The molecule has 0 spiro atoms. The number of hydrogen-bond acceptors (Lipinski definition) is 4. The van der Waals surface area contributed by atoms with E-state index in [9.17, 15) is 4.79 Å². The molecule has 35 heavy (non-hydrogen) atoms. The highest BCUT2D eigenvalue weighted by molar-refractivity contribution is 5.89. The normalized spacial score (nSPS) is 10.4. The lowest BCUT2D eigenvalue weighted by molar-refractivity contribution is 0.0556. The number of benzene rings is 3. The molecule has 4 nitrogen and oxygen atoms in total. The number of terminal acetylenes is 1. The van der Waals surface area contributed by atoms with E-state index in [-0.39, 0.29) is 6.61 Å². The molecule has 0 radical (unpaired) electrons. The summed E-state index contributed by atoms with van der Waals surface area (Å²) in [4.78, 5) is 11.8. The first-order valence-corrected chi connectivity index (χ1v) is 12.3. The van der Waals surface area contributed by atoms with Crippen molar-refractivity contribution < 1.29 is 19.0 Å². The Morgan fingerprint density at radius 2 is 1.31 bits per heavy atom. The molecule has 3 aromatic rings. The topological polar surface area (TPSA) is 44.8 Å². The molecule has 0 aliphatic carbocycles. The van der Waals surface area contributed by atoms with Gasteiger partial charge in [0.15, 0.2) is 6.61 Å². The summed E-state index contributed by atoms with van der Waals surface area (Å²) in [5.41, 5.74) is 3.68. The summed E-state index contributed by atoms with van der Waals surface area (Å²) in [6.07, 6.45) is 12.7. The molecule has 0 atom stereocenters. The maximum absolute atomic E-state index is 11.8. The Labute approximate surface area is 209 Å². The second kappa shape index (κ2) is 14.5. The second-order valence-corrected chi connectivity index (χ2v) is 8.43. The van der Waals surface area contributed by atoms with Gasteiger partial charge in [-0.05, 0) is 59.5 Å². The van der Waals surface area contributed by atoms with Crippen LogP contribution in [-0.4, -0.2) is 19.2 Å². The Hall–Kier alpha value is -3.71. The van der Waals surface area contributed by atoms with Gasteiger partial charge in [-0.15, -0.1) is 6.42 Å². The van der Waals surface area contributed by atoms with Crippen LogP contribution >= 0.6 is 0 Å². The van der Waals surface area contributed by atoms with Gasteiger partial charge in [-0.3, -0.25) is 0 Å². The van der Waals surface area contributed by atoms with Crippen LogP contribution in [0.25, 0.3) is 11.1 Å². The Morgan fingerprint density at radius 3 is 1.91 bits per heavy atom. The summed E-state index contributed by atoms with van der Waals surface area (Å²) in [5.74, 6) is 3.55. The number of hydrogen-bond donors (Lipinski definition) is 0. The van der Waals surface area contributed by atoms with Gasteiger partial charge in [0.1, 0.15) is 18.1 Å². The first-order chi connectivity index (χ1) is 17.2. The van der Waals surface area contributed by atoms with Crippen molar-refractivity contribution in [2.45, 2.75) is 52.1 Å². The van der Waals surface area contributed by atoms with E-state index in [2.05, 4.69) is 25.0 Å². The molecule has 4 heteroatoms. The van der Waals surface area contributed by atoms with Crippen molar-refractivity contribution in [3.05, 3.63) is 83.9 Å². The van der Waals surface area contributed by atoms with Crippen LogP contribution in [0.5, 0.6) is 11.5 Å². The third-order valence-electron chi connectivity index (χ3n) is 5.69. The van der Waals surface area contributed by atoms with Crippen LogP contribution in [0.2, 0.25) is 0 Å². The molecule has 0 heterocycles. The Bertz CT molecular complexity index is 1060. The van der Waals surface area contributed by atoms with Gasteiger partial charge in [-0.2, -0.15) is 0 Å². The largest absolute Gasteiger partial charge is 0.494 e. The van der Waals surface area contributed by atoms with Crippen LogP contribution < -0.4 is 9.47 Å². The standard InChI is InChI=1S/C31H34O4/c1-3-5-6-7-8-9-23-33-29-18-14-26(15-19-29)27-16-20-30(21-17-27)35-24-25-10-12-28(13-11-25)31(32)34-22-4-2/h2,10-21H,3,5-9,22-24H2,1H3. The van der Waals surface area contributed by atoms with Crippen molar-refractivity contribution in [3.8, 4) is 35.0 Å². The molecule has 0 aromatic heterocycles. The van der Waals surface area contributed by atoms with Crippen molar-refractivity contribution in [2.24, 2.45) is 0 Å². The molecule has 0 saturated carbocycles. The van der Waals surface area contributed by atoms with Gasteiger partial charge >= 0.3 is 5.97 Å². The molecule has 182 valence electrons. The monoisotopic (exact) mass is 470 g/mol. The zero-order chi connectivity index (χ0) is 24.7. The second-order valence-electron chi connectivity index (χ2n) is 8.43. The lowest BCUT2D eigenvalue weighted by atomic mass is 10.1. The molecule has 3 rings (SSSR count). The molecule has 0 fully saturated rings. The Balaban J connectivity index is 1.43. The minimum atomic E-state index is -0.427. The maximum atomic E-state index is 11.8. The number of unbranched alkanes of at least 4 members (excludes halogenated alkanes) is 5. The van der Waals surface area contributed by atoms with Gasteiger partial charge < -0.3 is 14.2 Å². The number of esters is 1. The Kier molecular flexibility index (Phi) is 10.8. The number of rotatable bonds is 14. The van der Waals surface area contributed by atoms with Crippen molar-refractivity contribution in [2.75, 3.05) is 13.2 Å². The zero-order valence-corrected chi connectivity index (χ0v) is 20.5. The van der Waals surface area contributed by atoms with Crippen molar-refractivity contribution in [1.29, 1.82) is 0 Å². The summed E-state index contributed by atoms with van der Waals surface area (Å²) < 4.78 is 16.7. The summed E-state index contributed by atoms with van der Waals surface area (Å²) in [6, 6.07) is 23.4. The minimum Gasteiger partial charge on any atom is -0.494 e. The van der Waals surface area contributed by atoms with Crippen LogP contribution in [0.4, 0.5) is 0 Å². The van der Waals surface area contributed by atoms with Crippen LogP contribution in [0, 0.1) is 12.3 Å². The minimum absolute atomic E-state index is 0.0309. The van der Waals surface area contributed by atoms with E-state index in [1.54, 1.807) is 12.1 Å². The fraction of sp³-hybridized carbons (Fsp3) is 0.323. The van der Waals surface area contributed by atoms with Crippen LogP contribution in [0.1, 0.15) is 61.4 Å². The summed E-state index contributed by atoms with van der Waals surface area (Å²) in [6.45, 7) is 3.39. The lowest BCUT2D eigenvalue weighted by Gasteiger charge is -2.09. The highest BCUT2D eigenvalue weighted by atomic mass is 16.5. The first kappa shape index (κ1) is 25.9. The first-order valence-electron chi connectivity index (χ1n) is 12.3. The molecular weight excluding hydrogens is 436 g/mol. The van der Waals surface area contributed by atoms with E-state index in [1.807, 2.05) is 48.5 Å². The van der Waals surface area contributed by atoms with Crippen LogP contribution in [0.3, 0.4) is 0 Å². The highest BCUT2D eigenvalue weighted by Crippen LogP contribution is 2.25. The number of carbonyl (C=O) groups excluding carboxylic acids is 1. The van der Waals surface area contributed by atoms with E-state index >= 15 is 0 Å². The number of carbonyl (C=O) groups is 1. The van der Waals surface area contributed by atoms with E-state index in [1.165, 1.54) is 32.1 Å². The van der Waals surface area contributed by atoms with Gasteiger partial charge in [-0.25, -0.2) is 4.79 Å². The summed E-state index contributed by atoms with van der Waals surface area (Å²) >= 11 is 0.